The molecule has 0 saturated carbocycles. The van der Waals surface area contributed by atoms with Gasteiger partial charge in [0.2, 0.25) is 5.91 Å². The first-order valence-electron chi connectivity index (χ1n) is 11.3. The minimum atomic E-state index is -3.95. The summed E-state index contributed by atoms with van der Waals surface area (Å²) < 4.78 is 66.0. The van der Waals surface area contributed by atoms with Crippen LogP contribution in [-0.4, -0.2) is 54.4 Å². The molecular formula is C24H27N3O7S3. The number of nitrogens with one attached hydrogen (secondary N) is 2. The molecule has 0 unspecified atom stereocenters. The molecule has 2 aromatic carbocycles. The fourth-order valence-electron chi connectivity index (χ4n) is 3.97. The first-order chi connectivity index (χ1) is 17.6. The Morgan fingerprint density at radius 2 is 1.78 bits per heavy atom. The van der Waals surface area contributed by atoms with Crippen molar-refractivity contribution in [1.82, 2.24) is 4.31 Å². The van der Waals surface area contributed by atoms with Crippen LogP contribution in [-0.2, 0) is 24.8 Å². The molecule has 10 nitrogen and oxygen atoms in total. The van der Waals surface area contributed by atoms with Crippen molar-refractivity contribution in [2.24, 2.45) is 5.92 Å². The summed E-state index contributed by atoms with van der Waals surface area (Å²) in [6, 6.07) is 13.7. The second-order valence-corrected chi connectivity index (χ2v) is 13.1. The molecule has 1 aliphatic heterocycles. The van der Waals surface area contributed by atoms with Gasteiger partial charge in [0.25, 0.3) is 20.0 Å². The maximum atomic E-state index is 12.9. The second-order valence-electron chi connectivity index (χ2n) is 8.32. The lowest BCUT2D eigenvalue weighted by Gasteiger charge is -2.30. The van der Waals surface area contributed by atoms with E-state index in [0.717, 1.165) is 11.3 Å². The van der Waals surface area contributed by atoms with Crippen LogP contribution in [0.15, 0.2) is 69.1 Å². The van der Waals surface area contributed by atoms with Crippen LogP contribution in [0.4, 0.5) is 11.4 Å². The highest BCUT2D eigenvalue weighted by molar-refractivity contribution is 7.92. The molecule has 37 heavy (non-hydrogen) atoms. The van der Waals surface area contributed by atoms with E-state index in [9.17, 15) is 21.6 Å². The third-order valence-corrected chi connectivity index (χ3v) is 10.5. The van der Waals surface area contributed by atoms with Crippen LogP contribution in [0, 0.1) is 5.92 Å². The molecule has 1 amide bonds. The summed E-state index contributed by atoms with van der Waals surface area (Å²) in [7, 11) is -4.68. The third kappa shape index (κ3) is 6.06. The number of carbonyl (C=O) groups is 1. The van der Waals surface area contributed by atoms with Crippen LogP contribution in [0.1, 0.15) is 12.8 Å². The molecule has 2 N–H and O–H groups in total. The maximum absolute atomic E-state index is 12.9. The predicted octanol–water partition coefficient (Wildman–Crippen LogP) is 3.61. The number of sulfonamides is 2. The van der Waals surface area contributed by atoms with E-state index in [0.29, 0.717) is 36.6 Å². The van der Waals surface area contributed by atoms with E-state index >= 15 is 0 Å². The average molecular weight is 566 g/mol. The van der Waals surface area contributed by atoms with E-state index in [1.54, 1.807) is 29.6 Å². The van der Waals surface area contributed by atoms with Crippen molar-refractivity contribution in [2.45, 2.75) is 21.9 Å². The summed E-state index contributed by atoms with van der Waals surface area (Å²) in [6.07, 6.45) is 1.13. The number of thiophene rings is 1. The molecule has 1 atom stereocenters. The van der Waals surface area contributed by atoms with Gasteiger partial charge in [-0.25, -0.2) is 16.8 Å². The number of methoxy groups -OCH3 is 2. The highest BCUT2D eigenvalue weighted by atomic mass is 32.2. The summed E-state index contributed by atoms with van der Waals surface area (Å²) in [5, 5.41) is 4.47. The largest absolute Gasteiger partial charge is 0.497 e. The lowest BCUT2D eigenvalue weighted by Crippen LogP contribution is -2.43. The van der Waals surface area contributed by atoms with E-state index in [2.05, 4.69) is 10.0 Å². The number of benzene rings is 2. The molecule has 3 aromatic rings. The fourth-order valence-corrected chi connectivity index (χ4v) is 7.70. The standard InChI is InChI=1S/C24H27N3O7S3/c1-33-19-9-12-22(34-2)21(15-19)26-36(29,30)20-10-7-18(8-11-20)25-24(28)17-5-3-13-27(16-17)37(31,32)23-6-4-14-35-23/h4,6-12,14-15,17,26H,3,5,13,16H2,1-2H3,(H,25,28)/t17-/m1/s1. The van der Waals surface area contributed by atoms with Gasteiger partial charge >= 0.3 is 0 Å². The zero-order chi connectivity index (χ0) is 26.6. The zero-order valence-electron chi connectivity index (χ0n) is 20.2. The summed E-state index contributed by atoms with van der Waals surface area (Å²) in [4.78, 5) is 12.9. The number of anilines is 2. The Balaban J connectivity index is 1.43. The number of ether oxygens (including phenoxy) is 2. The Kier molecular flexibility index (Phi) is 8.07. The minimum absolute atomic E-state index is 0.0127. The minimum Gasteiger partial charge on any atom is -0.497 e. The molecule has 13 heteroatoms. The SMILES string of the molecule is COc1ccc(OC)c(NS(=O)(=O)c2ccc(NC(=O)[C@@H]3CCCN(S(=O)(=O)c4cccs4)C3)cc2)c1. The van der Waals surface area contributed by atoms with E-state index < -0.39 is 26.0 Å². The first-order valence-corrected chi connectivity index (χ1v) is 15.1. The van der Waals surface area contributed by atoms with Gasteiger partial charge in [-0.2, -0.15) is 4.31 Å². The molecule has 0 bridgehead atoms. The van der Waals surface area contributed by atoms with Crippen LogP contribution in [0.25, 0.3) is 0 Å². The third-order valence-electron chi connectivity index (χ3n) is 5.93. The van der Waals surface area contributed by atoms with Crippen LogP contribution in [0.5, 0.6) is 11.5 Å². The number of nitrogens with zero attached hydrogens (tertiary/aromatic N) is 1. The smallest absolute Gasteiger partial charge is 0.262 e. The van der Waals surface area contributed by atoms with Crippen molar-refractivity contribution in [3.05, 3.63) is 60.0 Å². The average Bonchev–Trinajstić information content (AvgIpc) is 3.45. The Labute approximate surface area is 220 Å². The van der Waals surface area contributed by atoms with Crippen LogP contribution in [0.3, 0.4) is 0 Å². The van der Waals surface area contributed by atoms with Gasteiger partial charge in [-0.1, -0.05) is 6.07 Å². The van der Waals surface area contributed by atoms with Crippen LogP contribution in [0.2, 0.25) is 0 Å². The van der Waals surface area contributed by atoms with Gasteiger partial charge < -0.3 is 14.8 Å². The van der Waals surface area contributed by atoms with Gasteiger partial charge in [0.1, 0.15) is 15.7 Å². The van der Waals surface area contributed by atoms with Crippen molar-refractivity contribution in [3.8, 4) is 11.5 Å². The first kappa shape index (κ1) is 26.9. The number of hydrogen-bond acceptors (Lipinski definition) is 8. The summed E-state index contributed by atoms with van der Waals surface area (Å²) >= 11 is 1.15. The lowest BCUT2D eigenvalue weighted by atomic mass is 9.99. The Bertz CT molecular complexity index is 1460. The lowest BCUT2D eigenvalue weighted by molar-refractivity contribution is -0.120. The number of carbonyl (C=O) groups excluding carboxylic acids is 1. The molecule has 198 valence electrons. The van der Waals surface area contributed by atoms with E-state index in [1.807, 2.05) is 0 Å². The molecule has 0 aliphatic carbocycles. The highest BCUT2D eigenvalue weighted by Crippen LogP contribution is 2.31. The topological polar surface area (TPSA) is 131 Å². The molecule has 1 saturated heterocycles. The maximum Gasteiger partial charge on any atom is 0.262 e. The molecule has 0 spiro atoms. The Hall–Kier alpha value is -3.13. The number of piperidine rings is 1. The predicted molar refractivity (Wildman–Crippen MR) is 141 cm³/mol. The van der Waals surface area contributed by atoms with Gasteiger partial charge in [-0.05, 0) is 60.7 Å². The van der Waals surface area contributed by atoms with E-state index in [-0.39, 0.29) is 27.2 Å². The van der Waals surface area contributed by atoms with Crippen LogP contribution < -0.4 is 19.5 Å². The highest BCUT2D eigenvalue weighted by Gasteiger charge is 2.33. The second kappa shape index (κ2) is 11.1. The number of rotatable bonds is 9. The van der Waals surface area contributed by atoms with Gasteiger partial charge in [-0.15, -0.1) is 11.3 Å². The zero-order valence-corrected chi connectivity index (χ0v) is 22.7. The van der Waals surface area contributed by atoms with Crippen molar-refractivity contribution in [1.29, 1.82) is 0 Å². The molecule has 1 fully saturated rings. The summed E-state index contributed by atoms with van der Waals surface area (Å²) in [5.41, 5.74) is 0.625. The van der Waals surface area contributed by atoms with Gasteiger partial charge in [0.15, 0.2) is 0 Å². The van der Waals surface area contributed by atoms with E-state index in [4.69, 9.17) is 9.47 Å². The molecule has 1 aliphatic rings. The fraction of sp³-hybridized carbons (Fsp3) is 0.292. The quantitative estimate of drug-likeness (QED) is 0.405. The van der Waals surface area contributed by atoms with Crippen molar-refractivity contribution >= 4 is 48.7 Å². The van der Waals surface area contributed by atoms with Gasteiger partial charge in [-0.3, -0.25) is 9.52 Å². The number of hydrogen-bond donors (Lipinski definition) is 2. The number of amides is 1. The summed E-state index contributed by atoms with van der Waals surface area (Å²) in [5.74, 6) is -0.0491. The van der Waals surface area contributed by atoms with Gasteiger partial charge in [0, 0.05) is 24.8 Å². The molecule has 2 heterocycles. The van der Waals surface area contributed by atoms with Crippen molar-refractivity contribution in [3.63, 3.8) is 0 Å². The molecular weight excluding hydrogens is 538 g/mol. The Morgan fingerprint density at radius 3 is 2.43 bits per heavy atom. The molecule has 1 aromatic heterocycles. The normalized spacial score (nSPS) is 16.6. The van der Waals surface area contributed by atoms with Gasteiger partial charge in [0.05, 0.1) is 30.7 Å². The van der Waals surface area contributed by atoms with Crippen LogP contribution >= 0.6 is 11.3 Å². The Morgan fingerprint density at radius 1 is 1.03 bits per heavy atom. The molecule has 0 radical (unpaired) electrons. The van der Waals surface area contributed by atoms with E-state index in [1.165, 1.54) is 48.9 Å². The molecule has 4 rings (SSSR count). The van der Waals surface area contributed by atoms with Crippen molar-refractivity contribution < 1.29 is 31.1 Å². The van der Waals surface area contributed by atoms with Crippen molar-refractivity contribution in [2.75, 3.05) is 37.3 Å². The summed E-state index contributed by atoms with van der Waals surface area (Å²) in [6.45, 7) is 0.451. The monoisotopic (exact) mass is 565 g/mol.